The second-order valence-corrected chi connectivity index (χ2v) is 11.7. The average Bonchev–Trinajstić information content (AvgIpc) is 3.71. The zero-order valence-electron chi connectivity index (χ0n) is 20.7. The summed E-state index contributed by atoms with van der Waals surface area (Å²) in [5.74, 6) is 1.17. The van der Waals surface area contributed by atoms with Crippen LogP contribution in [0.15, 0.2) is 66.1 Å². The maximum absolute atomic E-state index is 12.9. The number of morpholine rings is 1. The summed E-state index contributed by atoms with van der Waals surface area (Å²) in [7, 11) is -3.69. The molecule has 2 fully saturated rings. The third-order valence-corrected chi connectivity index (χ3v) is 8.79. The number of anilines is 2. The number of hydrogen-bond acceptors (Lipinski definition) is 8. The predicted molar refractivity (Wildman–Crippen MR) is 143 cm³/mol. The van der Waals surface area contributed by atoms with E-state index in [9.17, 15) is 13.7 Å². The largest absolute Gasteiger partial charge is 0.399 e. The van der Waals surface area contributed by atoms with E-state index in [1.54, 1.807) is 12.1 Å². The molecule has 1 aliphatic carbocycles. The van der Waals surface area contributed by atoms with Gasteiger partial charge >= 0.3 is 0 Å². The number of ether oxygens (including phenoxy) is 1. The third-order valence-electron chi connectivity index (χ3n) is 7.11. The number of hydrogen-bond donors (Lipinski definition) is 1. The summed E-state index contributed by atoms with van der Waals surface area (Å²) in [4.78, 5) is 12.2. The molecule has 5 rings (SSSR count). The first-order valence-corrected chi connectivity index (χ1v) is 13.9. The van der Waals surface area contributed by atoms with Gasteiger partial charge in [-0.25, -0.2) is 18.4 Å². The topological polar surface area (TPSA) is 122 Å². The number of sulfone groups is 1. The van der Waals surface area contributed by atoms with Crippen molar-refractivity contribution in [3.8, 4) is 17.5 Å². The van der Waals surface area contributed by atoms with Crippen molar-refractivity contribution < 1.29 is 13.2 Å². The quantitative estimate of drug-likeness (QED) is 0.372. The van der Waals surface area contributed by atoms with E-state index in [0.717, 1.165) is 35.5 Å². The maximum atomic E-state index is 12.9. The van der Waals surface area contributed by atoms with Gasteiger partial charge in [-0.15, -0.1) is 6.58 Å². The van der Waals surface area contributed by atoms with Gasteiger partial charge in [-0.2, -0.15) is 5.26 Å². The molecule has 1 aromatic heterocycles. The van der Waals surface area contributed by atoms with Gasteiger partial charge < -0.3 is 15.4 Å². The molecule has 190 valence electrons. The molecule has 0 bridgehead atoms. The van der Waals surface area contributed by atoms with Crippen molar-refractivity contribution in [3.63, 3.8) is 0 Å². The molecule has 0 radical (unpaired) electrons. The zero-order chi connectivity index (χ0) is 26.2. The fourth-order valence-electron chi connectivity index (χ4n) is 4.89. The molecule has 1 atom stereocenters. The molecule has 1 saturated carbocycles. The first kappa shape index (κ1) is 24.9. The Bertz CT molecular complexity index is 1490. The summed E-state index contributed by atoms with van der Waals surface area (Å²) in [5, 5.41) is 9.58. The molecule has 2 aliphatic rings. The monoisotopic (exact) mass is 515 g/mol. The highest BCUT2D eigenvalue weighted by Crippen LogP contribution is 2.54. The molecule has 1 saturated heterocycles. The van der Waals surface area contributed by atoms with Crippen molar-refractivity contribution in [2.45, 2.75) is 36.1 Å². The van der Waals surface area contributed by atoms with Crippen LogP contribution < -0.4 is 10.6 Å². The number of aromatic nitrogens is 2. The molecule has 0 unspecified atom stereocenters. The first-order chi connectivity index (χ1) is 17.8. The van der Waals surface area contributed by atoms with Crippen LogP contribution in [0.25, 0.3) is 11.4 Å². The van der Waals surface area contributed by atoms with E-state index in [-0.39, 0.29) is 22.3 Å². The van der Waals surface area contributed by atoms with Crippen LogP contribution in [0.3, 0.4) is 0 Å². The van der Waals surface area contributed by atoms with Crippen molar-refractivity contribution in [1.82, 2.24) is 9.97 Å². The van der Waals surface area contributed by atoms with E-state index in [1.165, 1.54) is 6.08 Å². The Hall–Kier alpha value is -3.74. The Kier molecular flexibility index (Phi) is 6.48. The van der Waals surface area contributed by atoms with E-state index < -0.39 is 15.3 Å². The van der Waals surface area contributed by atoms with Gasteiger partial charge in [0, 0.05) is 29.3 Å². The number of benzene rings is 2. The van der Waals surface area contributed by atoms with Gasteiger partial charge in [0.1, 0.15) is 11.9 Å². The minimum absolute atomic E-state index is 0.0357. The summed E-state index contributed by atoms with van der Waals surface area (Å²) < 4.78 is 31.5. The summed E-state index contributed by atoms with van der Waals surface area (Å²) in [6, 6.07) is 16.7. The SMILES string of the molecule is C=CCS(=O)(=O)c1cc(C2(c3cc(N4CCOC[C@@H]4C)nc(-c4ccc(N)cc4)n3)CC2)ccc1C#N. The van der Waals surface area contributed by atoms with E-state index in [4.69, 9.17) is 20.4 Å². The lowest BCUT2D eigenvalue weighted by Gasteiger charge is -2.35. The normalized spacial score (nSPS) is 18.7. The van der Waals surface area contributed by atoms with Crippen LogP contribution in [0.2, 0.25) is 0 Å². The molecular formula is C28H29N5O3S. The Balaban J connectivity index is 1.65. The van der Waals surface area contributed by atoms with Gasteiger partial charge in [0.25, 0.3) is 0 Å². The summed E-state index contributed by atoms with van der Waals surface area (Å²) >= 11 is 0. The minimum Gasteiger partial charge on any atom is -0.399 e. The van der Waals surface area contributed by atoms with Gasteiger partial charge in [-0.05, 0) is 61.7 Å². The molecule has 37 heavy (non-hydrogen) atoms. The number of nitriles is 1. The second-order valence-electron chi connectivity index (χ2n) is 9.65. The summed E-state index contributed by atoms with van der Waals surface area (Å²) in [6.45, 7) is 7.61. The van der Waals surface area contributed by atoms with E-state index in [2.05, 4.69) is 18.4 Å². The molecule has 2 heterocycles. The van der Waals surface area contributed by atoms with Crippen LogP contribution in [0.1, 0.15) is 36.6 Å². The number of nitrogen functional groups attached to an aromatic ring is 1. The molecular weight excluding hydrogens is 486 g/mol. The molecule has 2 N–H and O–H groups in total. The Morgan fingerprint density at radius 3 is 2.62 bits per heavy atom. The van der Waals surface area contributed by atoms with Crippen LogP contribution in [0, 0.1) is 11.3 Å². The highest BCUT2D eigenvalue weighted by atomic mass is 32.2. The lowest BCUT2D eigenvalue weighted by atomic mass is 9.91. The fraction of sp³-hybridized carbons (Fsp3) is 0.321. The molecule has 1 aliphatic heterocycles. The number of nitrogens with zero attached hydrogens (tertiary/aromatic N) is 4. The molecule has 0 amide bonds. The zero-order valence-corrected chi connectivity index (χ0v) is 21.5. The standard InChI is InChI=1S/C28H29N5O3S/c1-3-14-37(34,35)24-15-22(7-4-21(24)17-29)28(10-11-28)25-16-26(33-12-13-36-18-19(33)2)32-27(31-25)20-5-8-23(30)9-6-20/h3-9,15-16,19H,1,10-14,18,30H2,2H3/t19-/m0/s1. The van der Waals surface area contributed by atoms with Crippen LogP contribution in [-0.2, 0) is 20.0 Å². The predicted octanol–water partition coefficient (Wildman–Crippen LogP) is 3.86. The molecule has 9 heteroatoms. The Labute approximate surface area is 217 Å². The molecule has 8 nitrogen and oxygen atoms in total. The van der Waals surface area contributed by atoms with Gasteiger partial charge in [0.05, 0.1) is 41.2 Å². The van der Waals surface area contributed by atoms with E-state index in [1.807, 2.05) is 42.5 Å². The van der Waals surface area contributed by atoms with Gasteiger partial charge in [0.15, 0.2) is 15.7 Å². The smallest absolute Gasteiger partial charge is 0.183 e. The van der Waals surface area contributed by atoms with E-state index in [0.29, 0.717) is 31.3 Å². The van der Waals surface area contributed by atoms with Crippen LogP contribution in [0.4, 0.5) is 11.5 Å². The second kappa shape index (κ2) is 9.61. The fourth-order valence-corrected chi connectivity index (χ4v) is 6.13. The lowest BCUT2D eigenvalue weighted by molar-refractivity contribution is 0.0985. The molecule has 2 aromatic carbocycles. The van der Waals surface area contributed by atoms with Crippen LogP contribution >= 0.6 is 0 Å². The average molecular weight is 516 g/mol. The Morgan fingerprint density at radius 2 is 1.97 bits per heavy atom. The van der Waals surface area contributed by atoms with Crippen molar-refractivity contribution in [1.29, 1.82) is 5.26 Å². The van der Waals surface area contributed by atoms with Gasteiger partial charge in [-0.1, -0.05) is 12.1 Å². The lowest BCUT2D eigenvalue weighted by Crippen LogP contribution is -2.44. The van der Waals surface area contributed by atoms with E-state index >= 15 is 0 Å². The van der Waals surface area contributed by atoms with Gasteiger partial charge in [-0.3, -0.25) is 0 Å². The summed E-state index contributed by atoms with van der Waals surface area (Å²) in [5.41, 5.74) is 8.76. The first-order valence-electron chi connectivity index (χ1n) is 12.3. The highest BCUT2D eigenvalue weighted by Gasteiger charge is 2.48. The van der Waals surface area contributed by atoms with Crippen molar-refractivity contribution in [2.24, 2.45) is 0 Å². The van der Waals surface area contributed by atoms with Crippen molar-refractivity contribution in [3.05, 3.63) is 78.0 Å². The molecule has 0 spiro atoms. The van der Waals surface area contributed by atoms with Crippen molar-refractivity contribution in [2.75, 3.05) is 36.1 Å². The third kappa shape index (κ3) is 4.70. The molecule has 3 aromatic rings. The van der Waals surface area contributed by atoms with Crippen LogP contribution in [-0.4, -0.2) is 49.9 Å². The maximum Gasteiger partial charge on any atom is 0.183 e. The van der Waals surface area contributed by atoms with Crippen molar-refractivity contribution >= 4 is 21.3 Å². The highest BCUT2D eigenvalue weighted by molar-refractivity contribution is 7.91. The van der Waals surface area contributed by atoms with Crippen LogP contribution in [0.5, 0.6) is 0 Å². The number of nitrogens with two attached hydrogens (primary N) is 1. The Morgan fingerprint density at radius 1 is 1.22 bits per heavy atom. The van der Waals surface area contributed by atoms with Gasteiger partial charge in [0.2, 0.25) is 0 Å². The minimum atomic E-state index is -3.69. The number of rotatable bonds is 7. The summed E-state index contributed by atoms with van der Waals surface area (Å²) in [6.07, 6.45) is 2.97.